The first kappa shape index (κ1) is 31.9. The van der Waals surface area contributed by atoms with Crippen LogP contribution in [0.4, 0.5) is 11.6 Å². The van der Waals surface area contributed by atoms with Gasteiger partial charge in [-0.1, -0.05) is 11.8 Å². The highest BCUT2D eigenvalue weighted by molar-refractivity contribution is 8.25. The zero-order valence-electron chi connectivity index (χ0n) is 26.8. The number of piperidine rings is 1. The van der Waals surface area contributed by atoms with Gasteiger partial charge in [-0.25, -0.2) is 9.97 Å². The minimum atomic E-state index is -0.0650. The summed E-state index contributed by atoms with van der Waals surface area (Å²) in [5.74, 6) is 3.05. The summed E-state index contributed by atoms with van der Waals surface area (Å²) in [7, 11) is 1.60. The van der Waals surface area contributed by atoms with Crippen molar-refractivity contribution in [1.82, 2.24) is 24.7 Å². The summed E-state index contributed by atoms with van der Waals surface area (Å²) in [6, 6.07) is 6.65. The van der Waals surface area contributed by atoms with Crippen molar-refractivity contribution in [3.8, 4) is 5.75 Å². The van der Waals surface area contributed by atoms with Crippen LogP contribution in [0.15, 0.2) is 28.1 Å². The largest absolute Gasteiger partial charge is 0.496 e. The van der Waals surface area contributed by atoms with E-state index in [0.717, 1.165) is 46.2 Å². The smallest absolute Gasteiger partial charge is 0.257 e. The minimum absolute atomic E-state index is 0.0436. The molecular formula is C32H44N8O3S2. The molecule has 242 valence electrons. The number of benzene rings is 1. The third-order valence-electron chi connectivity index (χ3n) is 9.13. The van der Waals surface area contributed by atoms with Crippen LogP contribution in [0.25, 0.3) is 0 Å². The van der Waals surface area contributed by atoms with Gasteiger partial charge in [0.2, 0.25) is 5.91 Å². The summed E-state index contributed by atoms with van der Waals surface area (Å²) < 4.78 is 5.78. The zero-order valence-corrected chi connectivity index (χ0v) is 28.4. The monoisotopic (exact) mass is 652 g/mol. The Balaban J connectivity index is 1.06. The molecule has 0 bridgehead atoms. The number of likely N-dealkylation sites (tertiary alicyclic amines) is 1. The lowest BCUT2D eigenvalue weighted by Gasteiger charge is -2.37. The van der Waals surface area contributed by atoms with E-state index >= 15 is 0 Å². The van der Waals surface area contributed by atoms with Crippen molar-refractivity contribution in [1.29, 1.82) is 0 Å². The van der Waals surface area contributed by atoms with Gasteiger partial charge in [0.25, 0.3) is 5.91 Å². The Morgan fingerprint density at radius 2 is 1.67 bits per heavy atom. The van der Waals surface area contributed by atoms with Crippen LogP contribution in [0.1, 0.15) is 54.4 Å². The van der Waals surface area contributed by atoms with Crippen LogP contribution >= 0.6 is 23.5 Å². The summed E-state index contributed by atoms with van der Waals surface area (Å²) in [6.45, 7) is 12.9. The molecule has 1 aromatic heterocycles. The molecule has 2 amide bonds. The Morgan fingerprint density at radius 3 is 2.36 bits per heavy atom. The van der Waals surface area contributed by atoms with E-state index < -0.39 is 0 Å². The minimum Gasteiger partial charge on any atom is -0.496 e. The average Bonchev–Trinajstić information content (AvgIpc) is 3.74. The molecule has 5 heterocycles. The van der Waals surface area contributed by atoms with Crippen molar-refractivity contribution in [2.75, 3.05) is 76.2 Å². The van der Waals surface area contributed by atoms with E-state index in [-0.39, 0.29) is 16.4 Å². The summed E-state index contributed by atoms with van der Waals surface area (Å²) in [5.41, 5.74) is 1.61. The number of ether oxygens (including phenoxy) is 1. The molecule has 13 heteroatoms. The van der Waals surface area contributed by atoms with Crippen molar-refractivity contribution in [2.24, 2.45) is 4.99 Å². The molecule has 3 fully saturated rings. The van der Waals surface area contributed by atoms with Crippen molar-refractivity contribution < 1.29 is 14.3 Å². The molecule has 2 aromatic rings. The van der Waals surface area contributed by atoms with E-state index in [0.29, 0.717) is 50.1 Å². The maximum Gasteiger partial charge on any atom is 0.257 e. The molecule has 1 atom stereocenters. The first-order chi connectivity index (χ1) is 21.8. The fourth-order valence-electron chi connectivity index (χ4n) is 6.60. The van der Waals surface area contributed by atoms with Crippen molar-refractivity contribution in [3.63, 3.8) is 0 Å². The van der Waals surface area contributed by atoms with Crippen LogP contribution in [-0.2, 0) is 4.79 Å². The van der Waals surface area contributed by atoms with E-state index in [1.54, 1.807) is 42.5 Å². The average molecular weight is 653 g/mol. The van der Waals surface area contributed by atoms with Crippen LogP contribution in [0.2, 0.25) is 0 Å². The molecule has 1 unspecified atom stereocenters. The van der Waals surface area contributed by atoms with E-state index in [4.69, 9.17) is 14.7 Å². The third-order valence-corrected chi connectivity index (χ3v) is 11.7. The lowest BCUT2D eigenvalue weighted by molar-refractivity contribution is -0.130. The molecule has 0 radical (unpaired) electrons. The van der Waals surface area contributed by atoms with Gasteiger partial charge in [-0.3, -0.25) is 14.6 Å². The number of nitrogens with zero attached hydrogens (tertiary/aromatic N) is 7. The van der Waals surface area contributed by atoms with Crippen LogP contribution in [0, 0.1) is 13.8 Å². The van der Waals surface area contributed by atoms with Crippen LogP contribution in [0.5, 0.6) is 5.75 Å². The molecule has 0 spiro atoms. The lowest BCUT2D eigenvalue weighted by Crippen LogP contribution is -2.50. The fraction of sp³-hybridized carbons (Fsp3) is 0.594. The number of nitrogens with one attached hydrogen (secondary N) is 1. The number of aliphatic imine (C=N–C) groups is 1. The van der Waals surface area contributed by atoms with E-state index in [2.05, 4.69) is 26.2 Å². The number of hydrogen-bond donors (Lipinski definition) is 1. The number of aromatic nitrogens is 2. The Bertz CT molecular complexity index is 1430. The molecule has 1 aromatic carbocycles. The Hall–Kier alpha value is -3.03. The second kappa shape index (κ2) is 14.2. The Kier molecular flexibility index (Phi) is 10.1. The Morgan fingerprint density at radius 1 is 0.956 bits per heavy atom. The van der Waals surface area contributed by atoms with Gasteiger partial charge in [-0.05, 0) is 70.3 Å². The van der Waals surface area contributed by atoms with Gasteiger partial charge in [0.05, 0.1) is 23.8 Å². The van der Waals surface area contributed by atoms with Gasteiger partial charge in [-0.15, -0.1) is 11.8 Å². The highest BCUT2D eigenvalue weighted by Crippen LogP contribution is 2.39. The molecule has 1 N–H and O–H groups in total. The summed E-state index contributed by atoms with van der Waals surface area (Å²) in [5, 5.41) is 4.29. The topological polar surface area (TPSA) is 106 Å². The second-order valence-electron chi connectivity index (χ2n) is 12.2. The number of hydrogen-bond acceptors (Lipinski definition) is 11. The lowest BCUT2D eigenvalue weighted by atomic mass is 10.0. The van der Waals surface area contributed by atoms with E-state index in [1.165, 1.54) is 38.8 Å². The van der Waals surface area contributed by atoms with Gasteiger partial charge >= 0.3 is 0 Å². The van der Waals surface area contributed by atoms with Crippen molar-refractivity contribution >= 4 is 52.1 Å². The highest BCUT2D eigenvalue weighted by atomic mass is 32.2. The zero-order chi connectivity index (χ0) is 31.5. The SMILES string of the molecule is COc1cc(C)c(SC2CN=C(Nc3cc(N4CCC(N5CCCC5)CC4)nc(C)n3)S2)cc1C(=O)N1CCN(C(C)=O)CC1. The van der Waals surface area contributed by atoms with Gasteiger partial charge in [-0.2, -0.15) is 0 Å². The van der Waals surface area contributed by atoms with Crippen LogP contribution < -0.4 is 15.0 Å². The number of carbonyl (C=O) groups is 2. The number of amides is 2. The predicted octanol–water partition coefficient (Wildman–Crippen LogP) is 4.10. The third kappa shape index (κ3) is 7.52. The molecule has 45 heavy (non-hydrogen) atoms. The first-order valence-corrected chi connectivity index (χ1v) is 17.8. The van der Waals surface area contributed by atoms with E-state index in [9.17, 15) is 9.59 Å². The number of aryl methyl sites for hydroxylation is 2. The molecule has 0 aliphatic carbocycles. The number of anilines is 2. The molecular weight excluding hydrogens is 609 g/mol. The molecule has 11 nitrogen and oxygen atoms in total. The Labute approximate surface area is 274 Å². The van der Waals surface area contributed by atoms with E-state index in [1.807, 2.05) is 30.9 Å². The maximum absolute atomic E-state index is 13.5. The number of rotatable bonds is 7. The standard InChI is InChI=1S/C32H44N8O3S2/c1-21-17-26(43-4)25(31(42)40-15-13-37(14-16-40)23(3)41)18-27(21)44-30-20-33-32(45-30)36-28-19-29(35-22(2)34-28)39-11-7-24(8-12-39)38-9-5-6-10-38/h17-19,24,30H,5-16,20H2,1-4H3,(H,33,34,35,36). The second-order valence-corrected chi connectivity index (χ2v) is 14.9. The summed E-state index contributed by atoms with van der Waals surface area (Å²) in [4.78, 5) is 49.2. The van der Waals surface area contributed by atoms with Gasteiger partial charge in [0.1, 0.15) is 23.2 Å². The van der Waals surface area contributed by atoms with Crippen molar-refractivity contribution in [3.05, 3.63) is 35.2 Å². The number of methoxy groups -OCH3 is 1. The van der Waals surface area contributed by atoms with Gasteiger partial charge < -0.3 is 29.7 Å². The predicted molar refractivity (Wildman–Crippen MR) is 182 cm³/mol. The van der Waals surface area contributed by atoms with Crippen LogP contribution in [-0.4, -0.2) is 118 Å². The van der Waals surface area contributed by atoms with Gasteiger partial charge in [0.15, 0.2) is 5.17 Å². The molecule has 6 rings (SSSR count). The fourth-order valence-corrected chi connectivity index (χ4v) is 8.95. The van der Waals surface area contributed by atoms with Crippen molar-refractivity contribution in [2.45, 2.75) is 62.0 Å². The number of amidine groups is 1. The maximum atomic E-state index is 13.5. The molecule has 3 saturated heterocycles. The van der Waals surface area contributed by atoms with Crippen LogP contribution in [0.3, 0.4) is 0 Å². The summed E-state index contributed by atoms with van der Waals surface area (Å²) >= 11 is 3.40. The van der Waals surface area contributed by atoms with Gasteiger partial charge in [0, 0.05) is 63.2 Å². The normalized spacial score (nSPS) is 21.3. The first-order valence-electron chi connectivity index (χ1n) is 16.0. The summed E-state index contributed by atoms with van der Waals surface area (Å²) in [6.07, 6.45) is 5.04. The quantitative estimate of drug-likeness (QED) is 0.470. The number of carbonyl (C=O) groups excluding carboxylic acids is 2. The number of thioether (sulfide) groups is 2. The highest BCUT2D eigenvalue weighted by Gasteiger charge is 2.29. The molecule has 0 saturated carbocycles. The number of piperazine rings is 1. The molecule has 4 aliphatic heterocycles. The molecule has 4 aliphatic rings.